The molecule has 21 heavy (non-hydrogen) atoms. The maximum absolute atomic E-state index is 12.8. The fraction of sp³-hybridized carbons (Fsp3) is 0.500. The smallest absolute Gasteiger partial charge is 0.272 e. The van der Waals surface area contributed by atoms with E-state index in [0.29, 0.717) is 12.2 Å². The molecule has 114 valence electrons. The molecule has 2 heterocycles. The summed E-state index contributed by atoms with van der Waals surface area (Å²) in [5, 5.41) is 4.37. The van der Waals surface area contributed by atoms with Crippen LogP contribution in [-0.4, -0.2) is 26.6 Å². The summed E-state index contributed by atoms with van der Waals surface area (Å²) in [6, 6.07) is 6.25. The van der Waals surface area contributed by atoms with Crippen LogP contribution in [0.15, 0.2) is 18.2 Å². The largest absolute Gasteiger partial charge is 0.330 e. The average molecular weight is 305 g/mol. The van der Waals surface area contributed by atoms with Crippen LogP contribution in [0.5, 0.6) is 0 Å². The molecular weight excluding hydrogens is 282 g/mol. The zero-order valence-electron chi connectivity index (χ0n) is 13.4. The molecule has 0 aromatic carbocycles. The Labute approximate surface area is 130 Å². The molecule has 0 aliphatic carbocycles. The second kappa shape index (κ2) is 6.43. The number of nitrogens with zero attached hydrogens (tertiary/aromatic N) is 3. The zero-order valence-corrected chi connectivity index (χ0v) is 14.2. The van der Waals surface area contributed by atoms with Crippen LogP contribution in [0.3, 0.4) is 0 Å². The minimum absolute atomic E-state index is 0.0470. The number of rotatable bonds is 5. The molecule has 4 nitrogen and oxygen atoms in total. The normalized spacial score (nSPS) is 11.1. The number of carbonyl (C=O) groups excluding carboxylic acids is 1. The van der Waals surface area contributed by atoms with Crippen molar-refractivity contribution >= 4 is 17.2 Å². The van der Waals surface area contributed by atoms with Crippen LogP contribution < -0.4 is 0 Å². The third-order valence-corrected chi connectivity index (χ3v) is 4.50. The van der Waals surface area contributed by atoms with Gasteiger partial charge < -0.3 is 4.90 Å². The first kappa shape index (κ1) is 15.8. The van der Waals surface area contributed by atoms with Crippen LogP contribution in [0.25, 0.3) is 0 Å². The van der Waals surface area contributed by atoms with Crippen molar-refractivity contribution < 1.29 is 4.79 Å². The van der Waals surface area contributed by atoms with E-state index in [2.05, 4.69) is 38.0 Å². The molecule has 0 fully saturated rings. The first-order chi connectivity index (χ1) is 9.92. The molecule has 0 radical (unpaired) electrons. The van der Waals surface area contributed by atoms with Gasteiger partial charge in [0.15, 0.2) is 0 Å². The van der Waals surface area contributed by atoms with E-state index < -0.39 is 0 Å². The van der Waals surface area contributed by atoms with E-state index in [-0.39, 0.29) is 11.9 Å². The van der Waals surface area contributed by atoms with Gasteiger partial charge in [-0.25, -0.2) is 0 Å². The SMILES string of the molecule is CCc1cc(C(=O)N(Cc2ccc(C)s2)C(C)C)n(C)n1. The molecule has 0 atom stereocenters. The molecule has 0 aliphatic heterocycles. The maximum atomic E-state index is 12.8. The Balaban J connectivity index is 2.24. The summed E-state index contributed by atoms with van der Waals surface area (Å²) >= 11 is 1.74. The second-order valence-electron chi connectivity index (χ2n) is 5.54. The number of carbonyl (C=O) groups is 1. The lowest BCUT2D eigenvalue weighted by Crippen LogP contribution is -2.37. The van der Waals surface area contributed by atoms with Crippen LogP contribution in [0.1, 0.15) is 46.7 Å². The van der Waals surface area contributed by atoms with Gasteiger partial charge in [-0.15, -0.1) is 11.3 Å². The fourth-order valence-electron chi connectivity index (χ4n) is 2.27. The summed E-state index contributed by atoms with van der Waals surface area (Å²) in [5.74, 6) is 0.0470. The van der Waals surface area contributed by atoms with Crippen molar-refractivity contribution in [2.75, 3.05) is 0 Å². The van der Waals surface area contributed by atoms with Gasteiger partial charge in [0.1, 0.15) is 5.69 Å². The first-order valence-corrected chi connectivity index (χ1v) is 8.13. The molecule has 0 spiro atoms. The van der Waals surface area contributed by atoms with Crippen molar-refractivity contribution in [1.29, 1.82) is 0 Å². The van der Waals surface area contributed by atoms with Crippen LogP contribution in [0, 0.1) is 6.92 Å². The van der Waals surface area contributed by atoms with Crippen molar-refractivity contribution in [3.05, 3.63) is 39.3 Å². The highest BCUT2D eigenvalue weighted by molar-refractivity contribution is 7.11. The lowest BCUT2D eigenvalue weighted by Gasteiger charge is -2.26. The van der Waals surface area contributed by atoms with E-state index in [1.165, 1.54) is 9.75 Å². The summed E-state index contributed by atoms with van der Waals surface area (Å²) < 4.78 is 1.69. The highest BCUT2D eigenvalue weighted by Gasteiger charge is 2.23. The molecule has 0 saturated heterocycles. The van der Waals surface area contributed by atoms with Crippen molar-refractivity contribution in [2.24, 2.45) is 7.05 Å². The number of amides is 1. The van der Waals surface area contributed by atoms with Gasteiger partial charge in [0.05, 0.1) is 12.2 Å². The molecule has 0 unspecified atom stereocenters. The Kier molecular flexibility index (Phi) is 4.83. The lowest BCUT2D eigenvalue weighted by atomic mass is 10.2. The summed E-state index contributed by atoms with van der Waals surface area (Å²) in [7, 11) is 1.83. The third-order valence-electron chi connectivity index (χ3n) is 3.52. The summed E-state index contributed by atoms with van der Waals surface area (Å²) in [6.45, 7) is 8.89. The topological polar surface area (TPSA) is 38.1 Å². The highest BCUT2D eigenvalue weighted by atomic mass is 32.1. The van der Waals surface area contributed by atoms with E-state index in [1.54, 1.807) is 16.0 Å². The molecular formula is C16H23N3OS. The number of aryl methyl sites for hydroxylation is 3. The minimum Gasteiger partial charge on any atom is -0.330 e. The predicted octanol–water partition coefficient (Wildman–Crippen LogP) is 3.40. The van der Waals surface area contributed by atoms with Gasteiger partial charge in [0.2, 0.25) is 0 Å². The molecule has 2 rings (SSSR count). The van der Waals surface area contributed by atoms with Gasteiger partial charge in [0, 0.05) is 22.8 Å². The standard InChI is InChI=1S/C16H23N3OS/c1-6-13-9-15(18(5)17-13)16(20)19(11(2)3)10-14-8-7-12(4)21-14/h7-9,11H,6,10H2,1-5H3. The van der Waals surface area contributed by atoms with Crippen molar-refractivity contribution in [3.63, 3.8) is 0 Å². The van der Waals surface area contributed by atoms with Gasteiger partial charge in [-0.05, 0) is 45.4 Å². The van der Waals surface area contributed by atoms with Crippen LogP contribution >= 0.6 is 11.3 Å². The fourth-order valence-corrected chi connectivity index (χ4v) is 3.16. The minimum atomic E-state index is 0.0470. The van der Waals surface area contributed by atoms with E-state index in [1.807, 2.05) is 24.9 Å². The second-order valence-corrected chi connectivity index (χ2v) is 6.91. The highest BCUT2D eigenvalue weighted by Crippen LogP contribution is 2.20. The Morgan fingerprint density at radius 3 is 2.62 bits per heavy atom. The maximum Gasteiger partial charge on any atom is 0.272 e. The monoisotopic (exact) mass is 305 g/mol. The number of hydrogen-bond donors (Lipinski definition) is 0. The molecule has 5 heteroatoms. The van der Waals surface area contributed by atoms with E-state index in [0.717, 1.165) is 12.1 Å². The van der Waals surface area contributed by atoms with Crippen molar-refractivity contribution in [1.82, 2.24) is 14.7 Å². The van der Waals surface area contributed by atoms with Crippen molar-refractivity contribution in [2.45, 2.75) is 46.7 Å². The summed E-state index contributed by atoms with van der Waals surface area (Å²) in [5.41, 5.74) is 1.62. The van der Waals surface area contributed by atoms with Crippen LogP contribution in [0.2, 0.25) is 0 Å². The van der Waals surface area contributed by atoms with Crippen LogP contribution in [0.4, 0.5) is 0 Å². The Morgan fingerprint density at radius 1 is 1.43 bits per heavy atom. The molecule has 2 aromatic heterocycles. The van der Waals surface area contributed by atoms with Crippen molar-refractivity contribution in [3.8, 4) is 0 Å². The number of aromatic nitrogens is 2. The molecule has 2 aromatic rings. The molecule has 0 N–H and O–H groups in total. The van der Waals surface area contributed by atoms with Gasteiger partial charge in [-0.3, -0.25) is 9.48 Å². The lowest BCUT2D eigenvalue weighted by molar-refractivity contribution is 0.0681. The third kappa shape index (κ3) is 3.53. The predicted molar refractivity (Wildman–Crippen MR) is 86.7 cm³/mol. The number of thiophene rings is 1. The van der Waals surface area contributed by atoms with E-state index >= 15 is 0 Å². The average Bonchev–Trinajstić information content (AvgIpc) is 3.01. The summed E-state index contributed by atoms with van der Waals surface area (Å²) in [6.07, 6.45) is 0.840. The molecule has 0 aliphatic rings. The van der Waals surface area contributed by atoms with Gasteiger partial charge >= 0.3 is 0 Å². The first-order valence-electron chi connectivity index (χ1n) is 7.31. The molecule has 1 amide bonds. The molecule has 0 bridgehead atoms. The Hall–Kier alpha value is -1.62. The van der Waals surface area contributed by atoms with Gasteiger partial charge in [-0.2, -0.15) is 5.10 Å². The van der Waals surface area contributed by atoms with E-state index in [4.69, 9.17) is 0 Å². The summed E-state index contributed by atoms with van der Waals surface area (Å²) in [4.78, 5) is 17.2. The quantitative estimate of drug-likeness (QED) is 0.849. The van der Waals surface area contributed by atoms with Crippen LogP contribution in [-0.2, 0) is 20.0 Å². The zero-order chi connectivity index (χ0) is 15.6. The van der Waals surface area contributed by atoms with Gasteiger partial charge in [-0.1, -0.05) is 6.92 Å². The van der Waals surface area contributed by atoms with Gasteiger partial charge in [0.25, 0.3) is 5.91 Å². The Bertz CT molecular complexity index is 627. The number of hydrogen-bond acceptors (Lipinski definition) is 3. The molecule has 0 saturated carbocycles. The Morgan fingerprint density at radius 2 is 2.14 bits per heavy atom. The van der Waals surface area contributed by atoms with E-state index in [9.17, 15) is 4.79 Å².